The molecule has 1 heterocycles. The van der Waals surface area contributed by atoms with Crippen LogP contribution in [0.25, 0.3) is 0 Å². The van der Waals surface area contributed by atoms with E-state index in [0.717, 1.165) is 0 Å². The molecule has 23 heavy (non-hydrogen) atoms. The summed E-state index contributed by atoms with van der Waals surface area (Å²) < 4.78 is 65.4. The van der Waals surface area contributed by atoms with Crippen LogP contribution >= 0.6 is 23.2 Å². The quantitative estimate of drug-likeness (QED) is 0.551. The van der Waals surface area contributed by atoms with Crippen LogP contribution in [0.2, 0.25) is 0 Å². The zero-order chi connectivity index (χ0) is 17.5. The van der Waals surface area contributed by atoms with Gasteiger partial charge in [-0.1, -0.05) is 0 Å². The average Bonchev–Trinajstić information content (AvgIpc) is 3.19. The van der Waals surface area contributed by atoms with Crippen LogP contribution in [0.4, 0.5) is 22.0 Å². The molecule has 1 aliphatic rings. The number of pyridine rings is 1. The third-order valence-corrected chi connectivity index (χ3v) is 3.76. The Labute approximate surface area is 136 Å². The molecule has 0 unspecified atom stereocenters. The second-order valence-electron chi connectivity index (χ2n) is 5.07. The molecule has 0 bridgehead atoms. The summed E-state index contributed by atoms with van der Waals surface area (Å²) >= 11 is 10.5. The minimum absolute atomic E-state index is 0.117. The number of hydrogen-bond acceptors (Lipinski definition) is 3. The average molecular weight is 376 g/mol. The minimum atomic E-state index is -5.18. The fourth-order valence-corrected chi connectivity index (χ4v) is 2.68. The van der Waals surface area contributed by atoms with Crippen LogP contribution in [0, 0.1) is 5.92 Å². The summed E-state index contributed by atoms with van der Waals surface area (Å²) in [6.07, 6.45) is -7.55. The third kappa shape index (κ3) is 3.80. The predicted octanol–water partition coefficient (Wildman–Crippen LogP) is 4.75. The zero-order valence-electron chi connectivity index (χ0n) is 11.2. The number of aromatic nitrogens is 1. The van der Waals surface area contributed by atoms with Gasteiger partial charge in [-0.15, -0.1) is 0 Å². The van der Waals surface area contributed by atoms with E-state index >= 15 is 0 Å². The molecule has 1 saturated carbocycles. The van der Waals surface area contributed by atoms with Crippen LogP contribution in [0.5, 0.6) is 0 Å². The first-order valence-corrected chi connectivity index (χ1v) is 7.11. The van der Waals surface area contributed by atoms with Gasteiger partial charge in [-0.05, 0) is 53.9 Å². The van der Waals surface area contributed by atoms with Crippen molar-refractivity contribution < 1.29 is 31.5 Å². The van der Waals surface area contributed by atoms with Crippen molar-refractivity contribution in [3.63, 3.8) is 0 Å². The highest BCUT2D eigenvalue weighted by atomic mass is 35.5. The van der Waals surface area contributed by atoms with E-state index in [9.17, 15) is 31.5 Å². The molecule has 3 nitrogen and oxygen atoms in total. The number of alkyl halides is 5. The molecule has 0 spiro atoms. The van der Waals surface area contributed by atoms with Gasteiger partial charge in [0.15, 0.2) is 5.69 Å². The van der Waals surface area contributed by atoms with E-state index in [1.54, 1.807) is 0 Å². The summed E-state index contributed by atoms with van der Waals surface area (Å²) in [5.41, 5.74) is -5.69. The highest BCUT2D eigenvalue weighted by Crippen LogP contribution is 2.41. The maximum atomic E-state index is 13.1. The summed E-state index contributed by atoms with van der Waals surface area (Å²) in [6, 6.07) is 0. The third-order valence-electron chi connectivity index (χ3n) is 3.39. The van der Waals surface area contributed by atoms with E-state index in [4.69, 9.17) is 23.2 Å². The number of rotatable bonds is 5. The molecular weight excluding hydrogens is 368 g/mol. The Morgan fingerprint density at radius 1 is 1.13 bits per heavy atom. The summed E-state index contributed by atoms with van der Waals surface area (Å²) in [4.78, 5) is 25.7. The molecule has 0 atom stereocenters. The SMILES string of the molecule is O=C(Cl)c1c(C(F)F)nc(C(F)(F)F)c(C(=O)Cl)c1CC1CC1. The Kier molecular flexibility index (Phi) is 4.96. The van der Waals surface area contributed by atoms with Crippen LogP contribution < -0.4 is 0 Å². The van der Waals surface area contributed by atoms with Gasteiger partial charge in [-0.3, -0.25) is 9.59 Å². The standard InChI is InChI=1S/C13H8Cl2F5NO2/c14-10(22)6-5(3-4-1-2-4)7(11(15)23)9(13(18,19)20)21-8(6)12(16)17/h4,12H,1-3H2. The van der Waals surface area contributed by atoms with Crippen LogP contribution in [0.3, 0.4) is 0 Å². The lowest BCUT2D eigenvalue weighted by atomic mass is 9.94. The lowest BCUT2D eigenvalue weighted by molar-refractivity contribution is -0.141. The van der Waals surface area contributed by atoms with Crippen molar-refractivity contribution in [2.75, 3.05) is 0 Å². The van der Waals surface area contributed by atoms with Crippen LogP contribution in [-0.4, -0.2) is 15.5 Å². The van der Waals surface area contributed by atoms with E-state index < -0.39 is 51.2 Å². The summed E-state index contributed by atoms with van der Waals surface area (Å²) in [6.45, 7) is 0. The molecule has 1 aliphatic carbocycles. The maximum absolute atomic E-state index is 13.1. The van der Waals surface area contributed by atoms with Gasteiger partial charge in [0, 0.05) is 0 Å². The van der Waals surface area contributed by atoms with Gasteiger partial charge in [0.05, 0.1) is 11.1 Å². The molecular formula is C13H8Cl2F5NO2. The van der Waals surface area contributed by atoms with Crippen molar-refractivity contribution in [3.05, 3.63) is 28.1 Å². The van der Waals surface area contributed by atoms with Gasteiger partial charge in [0.1, 0.15) is 5.69 Å². The van der Waals surface area contributed by atoms with E-state index in [0.29, 0.717) is 12.8 Å². The second kappa shape index (κ2) is 6.32. The fraction of sp³-hybridized carbons (Fsp3) is 0.462. The molecule has 10 heteroatoms. The normalized spacial score (nSPS) is 15.1. The van der Waals surface area contributed by atoms with E-state index in [1.165, 1.54) is 0 Å². The van der Waals surface area contributed by atoms with Crippen molar-refractivity contribution in [2.24, 2.45) is 5.92 Å². The topological polar surface area (TPSA) is 47.0 Å². The van der Waals surface area contributed by atoms with Gasteiger partial charge < -0.3 is 0 Å². The number of carbonyl (C=O) groups is 2. The lowest BCUT2D eigenvalue weighted by Gasteiger charge is -2.19. The number of halogens is 7. The van der Waals surface area contributed by atoms with Gasteiger partial charge >= 0.3 is 6.18 Å². The molecule has 0 amide bonds. The van der Waals surface area contributed by atoms with Crippen LogP contribution in [-0.2, 0) is 12.6 Å². The maximum Gasteiger partial charge on any atom is 0.434 e. The summed E-state index contributed by atoms with van der Waals surface area (Å²) in [5.74, 6) is -0.117. The smallest absolute Gasteiger partial charge is 0.276 e. The predicted molar refractivity (Wildman–Crippen MR) is 71.0 cm³/mol. The Morgan fingerprint density at radius 2 is 1.65 bits per heavy atom. The van der Waals surface area contributed by atoms with Crippen molar-refractivity contribution in [3.8, 4) is 0 Å². The Morgan fingerprint density at radius 3 is 2.00 bits per heavy atom. The van der Waals surface area contributed by atoms with Crippen molar-refractivity contribution >= 4 is 33.7 Å². The molecule has 0 saturated heterocycles. The molecule has 126 valence electrons. The van der Waals surface area contributed by atoms with Crippen molar-refractivity contribution in [1.82, 2.24) is 4.98 Å². The second-order valence-corrected chi connectivity index (χ2v) is 5.75. The van der Waals surface area contributed by atoms with Gasteiger partial charge in [-0.25, -0.2) is 13.8 Å². The molecule has 1 fully saturated rings. The summed E-state index contributed by atoms with van der Waals surface area (Å²) in [7, 11) is 0. The minimum Gasteiger partial charge on any atom is -0.276 e. The number of nitrogens with zero attached hydrogens (tertiary/aromatic N) is 1. The molecule has 0 aromatic carbocycles. The van der Waals surface area contributed by atoms with Crippen LogP contribution in [0.15, 0.2) is 0 Å². The first kappa shape index (κ1) is 18.1. The number of hydrogen-bond donors (Lipinski definition) is 0. The Bertz CT molecular complexity index is 671. The first-order chi connectivity index (χ1) is 10.5. The Hall–Kier alpha value is -1.28. The zero-order valence-corrected chi connectivity index (χ0v) is 12.7. The first-order valence-electron chi connectivity index (χ1n) is 6.35. The number of carbonyl (C=O) groups excluding carboxylic acids is 2. The lowest BCUT2D eigenvalue weighted by Crippen LogP contribution is -2.21. The van der Waals surface area contributed by atoms with Gasteiger partial charge in [0.2, 0.25) is 0 Å². The highest BCUT2D eigenvalue weighted by Gasteiger charge is 2.42. The molecule has 2 rings (SSSR count). The highest BCUT2D eigenvalue weighted by molar-refractivity contribution is 6.69. The van der Waals surface area contributed by atoms with E-state index in [2.05, 4.69) is 4.98 Å². The van der Waals surface area contributed by atoms with Gasteiger partial charge in [0.25, 0.3) is 16.9 Å². The Balaban J connectivity index is 2.87. The van der Waals surface area contributed by atoms with E-state index in [1.807, 2.05) is 0 Å². The van der Waals surface area contributed by atoms with Crippen LogP contribution in [0.1, 0.15) is 56.9 Å². The molecule has 0 N–H and O–H groups in total. The van der Waals surface area contributed by atoms with Crippen molar-refractivity contribution in [2.45, 2.75) is 31.9 Å². The largest absolute Gasteiger partial charge is 0.434 e. The molecule has 0 aliphatic heterocycles. The molecule has 1 aromatic rings. The molecule has 0 radical (unpaired) electrons. The fourth-order valence-electron chi connectivity index (χ4n) is 2.26. The summed E-state index contributed by atoms with van der Waals surface area (Å²) in [5, 5.41) is -2.93. The van der Waals surface area contributed by atoms with E-state index in [-0.39, 0.29) is 12.3 Å². The monoisotopic (exact) mass is 375 g/mol. The van der Waals surface area contributed by atoms with Gasteiger partial charge in [-0.2, -0.15) is 13.2 Å². The van der Waals surface area contributed by atoms with Crippen molar-refractivity contribution in [1.29, 1.82) is 0 Å². The molecule has 1 aromatic heterocycles.